The summed E-state index contributed by atoms with van der Waals surface area (Å²) in [7, 11) is 0. The first-order valence-electron chi connectivity index (χ1n) is 15.4. The molecule has 230 valence electrons. The molecular formula is C30H48Cl2O8. The molecule has 0 saturated heterocycles. The van der Waals surface area contributed by atoms with Crippen LogP contribution in [0.3, 0.4) is 0 Å². The predicted octanol–water partition coefficient (Wildman–Crippen LogP) is 6.71. The van der Waals surface area contributed by atoms with Crippen LogP contribution in [-0.2, 0) is 29.0 Å². The van der Waals surface area contributed by atoms with E-state index in [0.717, 1.165) is 57.8 Å². The fourth-order valence-corrected chi connectivity index (χ4v) is 8.60. The number of carbonyl (C=O) groups is 2. The first kappa shape index (κ1) is 32.3. The molecule has 10 heteroatoms. The van der Waals surface area contributed by atoms with Gasteiger partial charge in [-0.2, -0.15) is 0 Å². The lowest BCUT2D eigenvalue weighted by Crippen LogP contribution is -2.42. The van der Waals surface area contributed by atoms with Crippen LogP contribution in [0.1, 0.15) is 90.9 Å². The summed E-state index contributed by atoms with van der Waals surface area (Å²) in [6.07, 6.45) is 9.58. The van der Waals surface area contributed by atoms with Gasteiger partial charge in [0.2, 0.25) is 0 Å². The average Bonchev–Trinajstić information content (AvgIpc) is 2.91. The monoisotopic (exact) mass is 606 g/mol. The molecule has 12 atom stereocenters. The van der Waals surface area contributed by atoms with Crippen molar-refractivity contribution in [3.8, 4) is 0 Å². The number of carboxylic acid groups (broad SMARTS) is 1. The largest absolute Gasteiger partial charge is 0.481 e. The zero-order valence-corrected chi connectivity index (χ0v) is 25.4. The van der Waals surface area contributed by atoms with Gasteiger partial charge in [-0.15, -0.1) is 23.2 Å². The van der Waals surface area contributed by atoms with Crippen LogP contribution in [0.5, 0.6) is 0 Å². The second-order valence-corrected chi connectivity index (χ2v) is 14.4. The number of carboxylic acids is 1. The average molecular weight is 608 g/mol. The molecule has 0 aromatic rings. The van der Waals surface area contributed by atoms with Crippen LogP contribution in [0.4, 0.5) is 0 Å². The van der Waals surface area contributed by atoms with Crippen molar-refractivity contribution in [1.29, 1.82) is 0 Å². The SMILES string of the molecule is CC1CCC(COOC2CCC(C3CCC(OC(=O)C4CCC(C)CC4C(=O)O)C(Cl)C3)CC2Cl)C(COO)C1. The predicted molar refractivity (Wildman–Crippen MR) is 151 cm³/mol. The Morgan fingerprint density at radius 1 is 0.725 bits per heavy atom. The number of esters is 1. The van der Waals surface area contributed by atoms with Crippen molar-refractivity contribution < 1.29 is 39.4 Å². The molecule has 4 saturated carbocycles. The summed E-state index contributed by atoms with van der Waals surface area (Å²) in [4.78, 5) is 40.6. The fraction of sp³-hybridized carbons (Fsp3) is 0.933. The van der Waals surface area contributed by atoms with Crippen molar-refractivity contribution in [1.82, 2.24) is 0 Å². The molecule has 0 aliphatic heterocycles. The van der Waals surface area contributed by atoms with Crippen molar-refractivity contribution >= 4 is 35.1 Å². The highest BCUT2D eigenvalue weighted by atomic mass is 35.5. The van der Waals surface area contributed by atoms with E-state index in [-0.39, 0.29) is 28.9 Å². The molecule has 0 amide bonds. The van der Waals surface area contributed by atoms with Gasteiger partial charge in [-0.05, 0) is 106 Å². The normalized spacial score (nSPS) is 42.7. The van der Waals surface area contributed by atoms with Crippen molar-refractivity contribution in [3.63, 3.8) is 0 Å². The number of halogens is 2. The molecule has 0 aromatic heterocycles. The molecule has 0 aromatic carbocycles. The van der Waals surface area contributed by atoms with E-state index in [2.05, 4.69) is 11.8 Å². The zero-order valence-electron chi connectivity index (χ0n) is 23.9. The molecule has 4 aliphatic rings. The topological polar surface area (TPSA) is 112 Å². The lowest BCUT2D eigenvalue weighted by Gasteiger charge is -2.41. The number of hydrogen-bond donors (Lipinski definition) is 2. The van der Waals surface area contributed by atoms with Gasteiger partial charge in [0.1, 0.15) is 12.2 Å². The Balaban J connectivity index is 1.19. The van der Waals surface area contributed by atoms with E-state index >= 15 is 0 Å². The lowest BCUT2D eigenvalue weighted by molar-refractivity contribution is -0.339. The molecule has 0 bridgehead atoms. The molecule has 12 unspecified atom stereocenters. The molecule has 0 heterocycles. The van der Waals surface area contributed by atoms with Gasteiger partial charge in [0.05, 0.1) is 35.8 Å². The molecule has 2 N–H and O–H groups in total. The summed E-state index contributed by atoms with van der Waals surface area (Å²) >= 11 is 13.5. The Morgan fingerprint density at radius 2 is 1.35 bits per heavy atom. The van der Waals surface area contributed by atoms with Crippen molar-refractivity contribution in [2.75, 3.05) is 13.2 Å². The number of hydrogen-bond acceptors (Lipinski definition) is 7. The maximum Gasteiger partial charge on any atom is 0.310 e. The first-order chi connectivity index (χ1) is 19.2. The Morgan fingerprint density at radius 3 is 1.98 bits per heavy atom. The van der Waals surface area contributed by atoms with Crippen molar-refractivity contribution in [2.45, 2.75) is 114 Å². The number of carbonyl (C=O) groups excluding carboxylic acids is 1. The van der Waals surface area contributed by atoms with E-state index in [1.54, 1.807) is 0 Å². The molecule has 4 aliphatic carbocycles. The van der Waals surface area contributed by atoms with E-state index < -0.39 is 23.8 Å². The molecule has 0 spiro atoms. The second kappa shape index (κ2) is 15.2. The summed E-state index contributed by atoms with van der Waals surface area (Å²) in [6, 6.07) is 0. The fourth-order valence-electron chi connectivity index (χ4n) is 7.80. The lowest BCUT2D eigenvalue weighted by atomic mass is 9.72. The number of aliphatic carboxylic acids is 1. The summed E-state index contributed by atoms with van der Waals surface area (Å²) in [5, 5.41) is 18.1. The maximum atomic E-state index is 12.9. The third kappa shape index (κ3) is 8.47. The molecular weight excluding hydrogens is 559 g/mol. The highest BCUT2D eigenvalue weighted by molar-refractivity contribution is 6.21. The first-order valence-corrected chi connectivity index (χ1v) is 16.3. The summed E-state index contributed by atoms with van der Waals surface area (Å²) in [5.74, 6) is -0.231. The summed E-state index contributed by atoms with van der Waals surface area (Å²) in [5.41, 5.74) is 0. The smallest absolute Gasteiger partial charge is 0.310 e. The Hall–Kier alpha value is -0.640. The molecule has 4 rings (SSSR count). The van der Waals surface area contributed by atoms with E-state index in [4.69, 9.17) is 43.0 Å². The van der Waals surface area contributed by atoms with Crippen LogP contribution >= 0.6 is 23.2 Å². The minimum absolute atomic E-state index is 0.146. The van der Waals surface area contributed by atoms with Crippen LogP contribution in [0.15, 0.2) is 0 Å². The Bertz CT molecular complexity index is 830. The third-order valence-electron chi connectivity index (χ3n) is 10.3. The Labute approximate surface area is 248 Å². The van der Waals surface area contributed by atoms with E-state index in [1.807, 2.05) is 6.92 Å². The molecule has 8 nitrogen and oxygen atoms in total. The third-order valence-corrected chi connectivity index (χ3v) is 11.3. The van der Waals surface area contributed by atoms with Crippen LogP contribution in [-0.4, -0.2) is 58.5 Å². The van der Waals surface area contributed by atoms with E-state index in [1.165, 1.54) is 0 Å². The van der Waals surface area contributed by atoms with Crippen LogP contribution in [0, 0.1) is 47.3 Å². The summed E-state index contributed by atoms with van der Waals surface area (Å²) < 4.78 is 5.84. The van der Waals surface area contributed by atoms with Crippen LogP contribution in [0.25, 0.3) is 0 Å². The van der Waals surface area contributed by atoms with E-state index in [9.17, 15) is 14.7 Å². The number of ether oxygens (including phenoxy) is 1. The quantitative estimate of drug-likeness (QED) is 0.122. The molecule has 0 radical (unpaired) electrons. The van der Waals surface area contributed by atoms with E-state index in [0.29, 0.717) is 62.1 Å². The van der Waals surface area contributed by atoms with Gasteiger partial charge < -0.3 is 9.84 Å². The maximum absolute atomic E-state index is 12.9. The minimum atomic E-state index is -0.913. The second-order valence-electron chi connectivity index (χ2n) is 13.3. The van der Waals surface area contributed by atoms with Gasteiger partial charge in [0, 0.05) is 0 Å². The Kier molecular flexibility index (Phi) is 12.3. The minimum Gasteiger partial charge on any atom is -0.481 e. The van der Waals surface area contributed by atoms with Crippen LogP contribution in [0.2, 0.25) is 0 Å². The number of rotatable bonds is 10. The highest BCUT2D eigenvalue weighted by Crippen LogP contribution is 2.43. The number of alkyl halides is 2. The summed E-state index contributed by atoms with van der Waals surface area (Å²) in [6.45, 7) is 5.07. The molecule has 4 fully saturated rings. The molecule has 40 heavy (non-hydrogen) atoms. The van der Waals surface area contributed by atoms with Gasteiger partial charge in [0.25, 0.3) is 0 Å². The van der Waals surface area contributed by atoms with Gasteiger partial charge >= 0.3 is 11.9 Å². The van der Waals surface area contributed by atoms with Gasteiger partial charge in [-0.1, -0.05) is 20.3 Å². The van der Waals surface area contributed by atoms with Gasteiger partial charge in [0.15, 0.2) is 0 Å². The van der Waals surface area contributed by atoms with Crippen molar-refractivity contribution in [3.05, 3.63) is 0 Å². The highest BCUT2D eigenvalue weighted by Gasteiger charge is 2.43. The van der Waals surface area contributed by atoms with Gasteiger partial charge in [-0.25, -0.2) is 14.7 Å². The van der Waals surface area contributed by atoms with Crippen molar-refractivity contribution in [2.24, 2.45) is 47.3 Å². The van der Waals surface area contributed by atoms with Gasteiger partial charge in [-0.3, -0.25) is 14.8 Å². The zero-order chi connectivity index (χ0) is 28.8. The van der Waals surface area contributed by atoms with Crippen LogP contribution < -0.4 is 0 Å². The standard InChI is InChI=1S/C30H48Cl2O8/c1-17-3-5-21(22(11-17)15-37-36)16-38-40-28-10-7-20(14-26(28)32)19-6-9-27(25(31)13-19)39-30(35)23-8-4-18(2)12-24(23)29(33)34/h17-28,36H,3-16H2,1-2H3,(H,33,34).